The number of nitrogens with two attached hydrogens (primary N) is 2. The van der Waals surface area contributed by atoms with Gasteiger partial charge < -0.3 is 16.6 Å². The van der Waals surface area contributed by atoms with E-state index in [9.17, 15) is 5.11 Å². The first kappa shape index (κ1) is 10.3. The minimum Gasteiger partial charge on any atom is -0.508 e. The molecule has 0 radical (unpaired) electrons. The molecule has 3 nitrogen and oxygen atoms in total. The SMILES string of the molecule is Cc1cc(O)c([C@H](N)CN)cc1Cl. The largest absolute Gasteiger partial charge is 0.508 e. The molecular formula is C9H13ClN2O. The Balaban J connectivity index is 3.15. The number of phenols is 1. The molecule has 0 aliphatic carbocycles. The number of aromatic hydroxyl groups is 1. The van der Waals surface area contributed by atoms with Gasteiger partial charge in [-0.2, -0.15) is 0 Å². The van der Waals surface area contributed by atoms with Crippen LogP contribution in [0.3, 0.4) is 0 Å². The Hall–Kier alpha value is -0.770. The molecule has 1 aromatic carbocycles. The van der Waals surface area contributed by atoms with Crippen molar-refractivity contribution in [2.45, 2.75) is 13.0 Å². The standard InChI is InChI=1S/C9H13ClN2O/c1-5-2-9(13)6(3-7(5)10)8(12)4-11/h2-3,8,13H,4,11-12H2,1H3/t8-/m1/s1. The van der Waals surface area contributed by atoms with Gasteiger partial charge in [0.1, 0.15) is 5.75 Å². The molecule has 4 heteroatoms. The zero-order valence-electron chi connectivity index (χ0n) is 7.42. The van der Waals surface area contributed by atoms with Gasteiger partial charge in [-0.05, 0) is 24.6 Å². The van der Waals surface area contributed by atoms with Crippen molar-refractivity contribution in [3.63, 3.8) is 0 Å². The van der Waals surface area contributed by atoms with Crippen LogP contribution in [0.25, 0.3) is 0 Å². The summed E-state index contributed by atoms with van der Waals surface area (Å²) in [5.41, 5.74) is 12.5. The Morgan fingerprint density at radius 2 is 2.15 bits per heavy atom. The minimum atomic E-state index is -0.363. The van der Waals surface area contributed by atoms with E-state index in [1.54, 1.807) is 12.1 Å². The molecule has 5 N–H and O–H groups in total. The van der Waals surface area contributed by atoms with Crippen LogP contribution in [0.5, 0.6) is 5.75 Å². The van der Waals surface area contributed by atoms with Gasteiger partial charge in [0, 0.05) is 23.2 Å². The molecule has 0 aliphatic rings. The highest BCUT2D eigenvalue weighted by molar-refractivity contribution is 6.31. The Bertz CT molecular complexity index is 315. The molecule has 0 saturated carbocycles. The van der Waals surface area contributed by atoms with Crippen molar-refractivity contribution in [1.82, 2.24) is 0 Å². The summed E-state index contributed by atoms with van der Waals surface area (Å²) in [4.78, 5) is 0. The maximum atomic E-state index is 9.52. The summed E-state index contributed by atoms with van der Waals surface area (Å²) in [7, 11) is 0. The van der Waals surface area contributed by atoms with E-state index in [2.05, 4.69) is 0 Å². The summed E-state index contributed by atoms with van der Waals surface area (Å²) < 4.78 is 0. The van der Waals surface area contributed by atoms with Crippen molar-refractivity contribution in [1.29, 1.82) is 0 Å². The van der Waals surface area contributed by atoms with Crippen LogP contribution in [0.4, 0.5) is 0 Å². The quantitative estimate of drug-likeness (QED) is 0.674. The van der Waals surface area contributed by atoms with Crippen LogP contribution in [0.2, 0.25) is 5.02 Å². The predicted octanol–water partition coefficient (Wildman–Crippen LogP) is 1.31. The normalized spacial score (nSPS) is 12.9. The topological polar surface area (TPSA) is 72.3 Å². The third-order valence-electron chi connectivity index (χ3n) is 1.96. The highest BCUT2D eigenvalue weighted by Crippen LogP contribution is 2.28. The van der Waals surface area contributed by atoms with Gasteiger partial charge >= 0.3 is 0 Å². The van der Waals surface area contributed by atoms with Gasteiger partial charge in [-0.25, -0.2) is 0 Å². The van der Waals surface area contributed by atoms with Crippen LogP contribution in [0.1, 0.15) is 17.2 Å². The van der Waals surface area contributed by atoms with Crippen LogP contribution in [0.15, 0.2) is 12.1 Å². The molecule has 1 rings (SSSR count). The predicted molar refractivity (Wildman–Crippen MR) is 53.8 cm³/mol. The van der Waals surface area contributed by atoms with Crippen LogP contribution < -0.4 is 11.5 Å². The number of halogens is 1. The first-order valence-corrected chi connectivity index (χ1v) is 4.38. The van der Waals surface area contributed by atoms with Gasteiger partial charge in [0.15, 0.2) is 0 Å². The average Bonchev–Trinajstić information content (AvgIpc) is 2.10. The number of aryl methyl sites for hydroxylation is 1. The summed E-state index contributed by atoms with van der Waals surface area (Å²) in [5, 5.41) is 10.1. The molecule has 0 bridgehead atoms. The summed E-state index contributed by atoms with van der Waals surface area (Å²) in [6.45, 7) is 2.10. The van der Waals surface area contributed by atoms with Crippen molar-refractivity contribution in [2.75, 3.05) is 6.54 Å². The molecule has 0 aliphatic heterocycles. The molecular weight excluding hydrogens is 188 g/mol. The second-order valence-electron chi connectivity index (χ2n) is 3.00. The van der Waals surface area contributed by atoms with E-state index in [4.69, 9.17) is 23.1 Å². The van der Waals surface area contributed by atoms with Crippen molar-refractivity contribution in [3.8, 4) is 5.75 Å². The maximum Gasteiger partial charge on any atom is 0.120 e. The van der Waals surface area contributed by atoms with E-state index >= 15 is 0 Å². The van der Waals surface area contributed by atoms with Crippen molar-refractivity contribution >= 4 is 11.6 Å². The lowest BCUT2D eigenvalue weighted by molar-refractivity contribution is 0.461. The molecule has 1 atom stereocenters. The molecule has 0 heterocycles. The second-order valence-corrected chi connectivity index (χ2v) is 3.41. The highest BCUT2D eigenvalue weighted by atomic mass is 35.5. The second kappa shape index (κ2) is 3.96. The lowest BCUT2D eigenvalue weighted by Gasteiger charge is -2.12. The Morgan fingerprint density at radius 3 is 2.69 bits per heavy atom. The van der Waals surface area contributed by atoms with Crippen LogP contribution in [0, 0.1) is 6.92 Å². The third kappa shape index (κ3) is 2.12. The van der Waals surface area contributed by atoms with Gasteiger partial charge in [0.25, 0.3) is 0 Å². The first-order valence-electron chi connectivity index (χ1n) is 4.01. The van der Waals surface area contributed by atoms with E-state index < -0.39 is 0 Å². The highest BCUT2D eigenvalue weighted by Gasteiger charge is 2.11. The Kier molecular flexibility index (Phi) is 3.14. The summed E-state index contributed by atoms with van der Waals surface area (Å²) in [6.07, 6.45) is 0. The molecule has 0 saturated heterocycles. The van der Waals surface area contributed by atoms with Gasteiger partial charge in [0.05, 0.1) is 0 Å². The molecule has 13 heavy (non-hydrogen) atoms. The lowest BCUT2D eigenvalue weighted by Crippen LogP contribution is -2.20. The number of rotatable bonds is 2. The molecule has 0 amide bonds. The van der Waals surface area contributed by atoms with E-state index in [1.165, 1.54) is 0 Å². The van der Waals surface area contributed by atoms with Gasteiger partial charge in [-0.15, -0.1) is 0 Å². The van der Waals surface area contributed by atoms with E-state index in [-0.39, 0.29) is 18.3 Å². The molecule has 0 unspecified atom stereocenters. The number of phenolic OH excluding ortho intramolecular Hbond substituents is 1. The van der Waals surface area contributed by atoms with Gasteiger partial charge in [0.2, 0.25) is 0 Å². The molecule has 1 aromatic rings. The van der Waals surface area contributed by atoms with Gasteiger partial charge in [-0.1, -0.05) is 11.6 Å². The zero-order valence-corrected chi connectivity index (χ0v) is 8.17. The van der Waals surface area contributed by atoms with Gasteiger partial charge in [-0.3, -0.25) is 0 Å². The van der Waals surface area contributed by atoms with Crippen molar-refractivity contribution < 1.29 is 5.11 Å². The fourth-order valence-electron chi connectivity index (χ4n) is 1.11. The summed E-state index contributed by atoms with van der Waals surface area (Å²) in [5.74, 6) is 0.153. The van der Waals surface area contributed by atoms with E-state index in [0.717, 1.165) is 5.56 Å². The number of hydrogen-bond acceptors (Lipinski definition) is 3. The number of hydrogen-bond donors (Lipinski definition) is 3. The molecule has 0 spiro atoms. The van der Waals surface area contributed by atoms with Crippen LogP contribution in [-0.4, -0.2) is 11.7 Å². The van der Waals surface area contributed by atoms with Crippen molar-refractivity contribution in [2.24, 2.45) is 11.5 Å². The fourth-order valence-corrected chi connectivity index (χ4v) is 1.28. The maximum absolute atomic E-state index is 9.52. The summed E-state index contributed by atoms with van der Waals surface area (Å²) >= 11 is 5.88. The third-order valence-corrected chi connectivity index (χ3v) is 2.37. The molecule has 0 fully saturated rings. The first-order chi connectivity index (χ1) is 6.06. The lowest BCUT2D eigenvalue weighted by atomic mass is 10.0. The summed E-state index contributed by atoms with van der Waals surface area (Å²) in [6, 6.07) is 2.88. The minimum absolute atomic E-state index is 0.153. The molecule has 72 valence electrons. The van der Waals surface area contributed by atoms with Crippen LogP contribution in [-0.2, 0) is 0 Å². The van der Waals surface area contributed by atoms with Crippen LogP contribution >= 0.6 is 11.6 Å². The van der Waals surface area contributed by atoms with E-state index in [0.29, 0.717) is 10.6 Å². The van der Waals surface area contributed by atoms with E-state index in [1.807, 2.05) is 6.92 Å². The monoisotopic (exact) mass is 200 g/mol. The average molecular weight is 201 g/mol. The Labute approximate surface area is 82.3 Å². The smallest absolute Gasteiger partial charge is 0.120 e. The number of benzene rings is 1. The fraction of sp³-hybridized carbons (Fsp3) is 0.333. The Morgan fingerprint density at radius 1 is 1.54 bits per heavy atom. The molecule has 0 aromatic heterocycles. The zero-order chi connectivity index (χ0) is 10.0. The van der Waals surface area contributed by atoms with Crippen molar-refractivity contribution in [3.05, 3.63) is 28.3 Å².